The third-order valence-corrected chi connectivity index (χ3v) is 5.54. The summed E-state index contributed by atoms with van der Waals surface area (Å²) < 4.78 is 80.5. The van der Waals surface area contributed by atoms with E-state index in [1.165, 1.54) is 21.9 Å². The van der Waals surface area contributed by atoms with Crippen molar-refractivity contribution in [2.75, 3.05) is 11.4 Å². The Bertz CT molecular complexity index is 1260. The van der Waals surface area contributed by atoms with Crippen LogP contribution in [-0.4, -0.2) is 51.3 Å². The number of halogens is 4. The van der Waals surface area contributed by atoms with Crippen molar-refractivity contribution in [2.24, 2.45) is 0 Å². The van der Waals surface area contributed by atoms with Crippen LogP contribution in [0.25, 0.3) is 5.65 Å². The summed E-state index contributed by atoms with van der Waals surface area (Å²) in [6.07, 6.45) is 4.49. The molecule has 0 radical (unpaired) electrons. The van der Waals surface area contributed by atoms with Gasteiger partial charge >= 0.3 is 15.6 Å². The molecule has 1 aliphatic heterocycles. The van der Waals surface area contributed by atoms with Crippen molar-refractivity contribution in [3.63, 3.8) is 0 Å². The van der Waals surface area contributed by atoms with Crippen molar-refractivity contribution in [1.82, 2.24) is 24.6 Å². The maximum atomic E-state index is 13.9. The number of rotatable bonds is 5. The lowest BCUT2D eigenvalue weighted by Crippen LogP contribution is -2.30. The fraction of sp³-hybridized carbons (Fsp3) is 0.312. The Kier molecular flexibility index (Phi) is 4.99. The second-order valence-corrected chi connectivity index (χ2v) is 8.06. The highest BCUT2D eigenvalue weighted by Crippen LogP contribution is 2.39. The van der Waals surface area contributed by atoms with Crippen molar-refractivity contribution in [3.05, 3.63) is 41.7 Å². The summed E-state index contributed by atoms with van der Waals surface area (Å²) in [5.74, 6) is -1.70. The van der Waals surface area contributed by atoms with Gasteiger partial charge in [-0.2, -0.15) is 31.7 Å². The van der Waals surface area contributed by atoms with E-state index in [2.05, 4.69) is 24.2 Å². The second-order valence-electron chi connectivity index (χ2n) is 6.52. The van der Waals surface area contributed by atoms with Crippen LogP contribution in [0.2, 0.25) is 0 Å². The molecule has 0 amide bonds. The zero-order valence-electron chi connectivity index (χ0n) is 15.3. The third-order valence-electron chi connectivity index (χ3n) is 4.60. The first-order valence-electron chi connectivity index (χ1n) is 8.69. The molecule has 0 bridgehead atoms. The van der Waals surface area contributed by atoms with Crippen LogP contribution < -0.4 is 9.08 Å². The van der Waals surface area contributed by atoms with Gasteiger partial charge in [0.1, 0.15) is 12.1 Å². The maximum absolute atomic E-state index is 13.9. The Morgan fingerprint density at radius 2 is 2.00 bits per heavy atom. The van der Waals surface area contributed by atoms with Crippen molar-refractivity contribution < 1.29 is 35.0 Å². The van der Waals surface area contributed by atoms with Gasteiger partial charge < -0.3 is 9.08 Å². The smallest absolute Gasteiger partial charge is 0.355 e. The monoisotopic (exact) mass is 460 g/mol. The van der Waals surface area contributed by atoms with Crippen molar-refractivity contribution in [2.45, 2.75) is 24.4 Å². The highest BCUT2D eigenvalue weighted by atomic mass is 32.2. The molecular formula is C16H12F4N6O4S. The van der Waals surface area contributed by atoms with E-state index < -0.39 is 33.4 Å². The van der Waals surface area contributed by atoms with E-state index in [0.717, 1.165) is 6.07 Å². The van der Waals surface area contributed by atoms with Crippen LogP contribution in [0.5, 0.6) is 5.88 Å². The van der Waals surface area contributed by atoms with Gasteiger partial charge in [0.2, 0.25) is 11.8 Å². The Hall–Kier alpha value is -3.36. The predicted molar refractivity (Wildman–Crippen MR) is 95.3 cm³/mol. The van der Waals surface area contributed by atoms with Crippen LogP contribution in [0.4, 0.5) is 23.5 Å². The average Bonchev–Trinajstić information content (AvgIpc) is 3.34. The highest BCUT2D eigenvalue weighted by Gasteiger charge is 2.49. The van der Waals surface area contributed by atoms with Crippen LogP contribution in [-0.2, 0) is 10.1 Å². The van der Waals surface area contributed by atoms with Gasteiger partial charge in [-0.25, -0.2) is 18.9 Å². The molecule has 1 fully saturated rings. The van der Waals surface area contributed by atoms with Crippen LogP contribution in [0.1, 0.15) is 34.8 Å². The summed E-state index contributed by atoms with van der Waals surface area (Å²) in [4.78, 5) is 24.5. The minimum Gasteiger partial charge on any atom is -0.355 e. The molecule has 0 saturated carbocycles. The number of carbonyl (C=O) groups is 1. The van der Waals surface area contributed by atoms with E-state index in [-0.39, 0.29) is 22.7 Å². The Morgan fingerprint density at radius 3 is 2.71 bits per heavy atom. The summed E-state index contributed by atoms with van der Waals surface area (Å²) in [5, 5.41) is 3.91. The lowest BCUT2D eigenvalue weighted by Gasteiger charge is -2.26. The molecule has 0 spiro atoms. The van der Waals surface area contributed by atoms with Gasteiger partial charge in [-0.3, -0.25) is 4.79 Å². The molecule has 1 saturated heterocycles. The topological polar surface area (TPSA) is 120 Å². The quantitative estimate of drug-likeness (QED) is 0.244. The summed E-state index contributed by atoms with van der Waals surface area (Å²) in [7, 11) is -6.01. The fourth-order valence-corrected chi connectivity index (χ4v) is 3.69. The number of carbonyl (C=O) groups excluding carboxylic acids is 1. The molecule has 0 N–H and O–H groups in total. The number of fused-ring (bicyclic) bond motifs is 1. The average molecular weight is 460 g/mol. The van der Waals surface area contributed by atoms with Crippen LogP contribution >= 0.6 is 0 Å². The highest BCUT2D eigenvalue weighted by molar-refractivity contribution is 7.87. The standard InChI is InChI=1S/C16H12F4N6O4S/c17-10-4-11(14(21-6-10)30-31(28,29)16(18,19)20)12-2-1-3-25(12)15-22-8-26-13(24-15)9(7-27)5-23-26/h4-8,12H,1-3H2/t12-/m1/s1. The van der Waals surface area contributed by atoms with Crippen molar-refractivity contribution in [1.29, 1.82) is 0 Å². The zero-order chi connectivity index (χ0) is 22.4. The van der Waals surface area contributed by atoms with E-state index in [9.17, 15) is 30.8 Å². The number of hydrogen-bond acceptors (Lipinski definition) is 9. The molecule has 31 heavy (non-hydrogen) atoms. The van der Waals surface area contributed by atoms with Gasteiger partial charge in [0.15, 0.2) is 11.9 Å². The number of aldehydes is 1. The Balaban J connectivity index is 1.75. The molecule has 0 unspecified atom stereocenters. The molecule has 1 aliphatic rings. The molecule has 0 aromatic carbocycles. The van der Waals surface area contributed by atoms with Gasteiger partial charge in [-0.1, -0.05) is 0 Å². The summed E-state index contributed by atoms with van der Waals surface area (Å²) in [5.41, 5.74) is -5.51. The molecule has 1 atom stereocenters. The zero-order valence-corrected chi connectivity index (χ0v) is 16.1. The molecule has 4 heterocycles. The van der Waals surface area contributed by atoms with Gasteiger partial charge in [0.25, 0.3) is 0 Å². The second kappa shape index (κ2) is 7.40. The molecule has 10 nitrogen and oxygen atoms in total. The molecule has 4 rings (SSSR count). The van der Waals surface area contributed by atoms with Crippen LogP contribution in [0.15, 0.2) is 24.8 Å². The number of pyridine rings is 1. The normalized spacial score (nSPS) is 17.3. The number of anilines is 1. The predicted octanol–water partition coefficient (Wildman–Crippen LogP) is 2.04. The fourth-order valence-electron chi connectivity index (χ4n) is 3.25. The molecular weight excluding hydrogens is 448 g/mol. The molecule has 0 aliphatic carbocycles. The maximum Gasteiger partial charge on any atom is 0.534 e. The van der Waals surface area contributed by atoms with Crippen LogP contribution in [0, 0.1) is 5.82 Å². The summed E-state index contributed by atoms with van der Waals surface area (Å²) >= 11 is 0. The van der Waals surface area contributed by atoms with Gasteiger partial charge in [0, 0.05) is 12.1 Å². The van der Waals surface area contributed by atoms with Gasteiger partial charge in [0.05, 0.1) is 24.0 Å². The number of alkyl halides is 3. The SMILES string of the molecule is O=Cc1cnn2cnc(N3CCC[C@@H]3c3cc(F)cnc3OS(=O)(=O)C(F)(F)F)nc12. The van der Waals surface area contributed by atoms with E-state index in [1.807, 2.05) is 0 Å². The molecule has 15 heteroatoms. The number of nitrogens with zero attached hydrogens (tertiary/aromatic N) is 6. The third kappa shape index (κ3) is 3.75. The largest absolute Gasteiger partial charge is 0.534 e. The van der Waals surface area contributed by atoms with Crippen molar-refractivity contribution in [3.8, 4) is 5.88 Å². The van der Waals surface area contributed by atoms with Gasteiger partial charge in [-0.15, -0.1) is 0 Å². The number of aromatic nitrogens is 5. The van der Waals surface area contributed by atoms with E-state index in [1.54, 1.807) is 0 Å². The first-order chi connectivity index (χ1) is 14.6. The Labute approximate surface area is 171 Å². The van der Waals surface area contributed by atoms with E-state index >= 15 is 0 Å². The Morgan fingerprint density at radius 1 is 1.23 bits per heavy atom. The van der Waals surface area contributed by atoms with Crippen molar-refractivity contribution >= 4 is 28.0 Å². The first kappa shape index (κ1) is 20.9. The lowest BCUT2D eigenvalue weighted by molar-refractivity contribution is -0.0501. The first-order valence-corrected chi connectivity index (χ1v) is 10.1. The minimum absolute atomic E-state index is 0.0903. The summed E-state index contributed by atoms with van der Waals surface area (Å²) in [6.45, 7) is 0.327. The molecule has 164 valence electrons. The van der Waals surface area contributed by atoms with Crippen LogP contribution in [0.3, 0.4) is 0 Å². The minimum atomic E-state index is -6.01. The molecule has 3 aromatic heterocycles. The van der Waals surface area contributed by atoms with E-state index in [4.69, 9.17) is 0 Å². The lowest BCUT2D eigenvalue weighted by atomic mass is 10.1. The van der Waals surface area contributed by atoms with E-state index in [0.29, 0.717) is 31.9 Å². The molecule has 3 aromatic rings. The van der Waals surface area contributed by atoms with Gasteiger partial charge in [-0.05, 0) is 18.9 Å². The number of hydrogen-bond donors (Lipinski definition) is 0. The summed E-state index contributed by atoms with van der Waals surface area (Å²) in [6, 6.07) is 0.0255.